The van der Waals surface area contributed by atoms with Crippen LogP contribution in [0.2, 0.25) is 0 Å². The molecule has 0 unspecified atom stereocenters. The van der Waals surface area contributed by atoms with Crippen molar-refractivity contribution in [3.63, 3.8) is 0 Å². The molecule has 154 valence electrons. The van der Waals surface area contributed by atoms with Gasteiger partial charge in [0.15, 0.2) is 0 Å². The minimum absolute atomic E-state index is 0.0267. The summed E-state index contributed by atoms with van der Waals surface area (Å²) in [6.07, 6.45) is 6.25. The first-order valence-corrected chi connectivity index (χ1v) is 10.3. The molecule has 6 heteroatoms. The number of amides is 1. The van der Waals surface area contributed by atoms with E-state index >= 15 is 0 Å². The average molecular weight is 400 g/mol. The fourth-order valence-electron chi connectivity index (χ4n) is 4.53. The van der Waals surface area contributed by atoms with Gasteiger partial charge in [-0.2, -0.15) is 0 Å². The summed E-state index contributed by atoms with van der Waals surface area (Å²) < 4.78 is 26.7. The van der Waals surface area contributed by atoms with Crippen molar-refractivity contribution in [3.05, 3.63) is 65.0 Å². The smallest absolute Gasteiger partial charge is 0.249 e. The van der Waals surface area contributed by atoms with Crippen molar-refractivity contribution in [2.24, 2.45) is 11.8 Å². The molecule has 1 atom stereocenters. The zero-order chi connectivity index (χ0) is 20.4. The molecule has 2 heterocycles. The highest BCUT2D eigenvalue weighted by Crippen LogP contribution is 2.37. The molecule has 2 fully saturated rings. The van der Waals surface area contributed by atoms with Gasteiger partial charge in [0.05, 0.1) is 18.8 Å². The normalized spacial score (nSPS) is 24.7. The summed E-state index contributed by atoms with van der Waals surface area (Å²) in [5.41, 5.74) is 2.73. The molecule has 0 N–H and O–H groups in total. The van der Waals surface area contributed by atoms with Gasteiger partial charge in [0.1, 0.15) is 11.6 Å². The van der Waals surface area contributed by atoms with Crippen LogP contribution in [0.1, 0.15) is 55.0 Å². The molecule has 1 aliphatic heterocycles. The number of hydrogen-bond donors (Lipinski definition) is 0. The molecule has 4 rings (SSSR count). The maximum Gasteiger partial charge on any atom is 0.249 e. The highest BCUT2D eigenvalue weighted by Gasteiger charge is 2.37. The second kappa shape index (κ2) is 8.57. The Morgan fingerprint density at radius 2 is 1.83 bits per heavy atom. The lowest BCUT2D eigenvalue weighted by molar-refractivity contribution is -0.183. The molecule has 0 bridgehead atoms. The minimum atomic E-state index is -0.299. The summed E-state index contributed by atoms with van der Waals surface area (Å²) in [6, 6.07) is 7.71. The van der Waals surface area contributed by atoms with Crippen LogP contribution in [0.25, 0.3) is 0 Å². The van der Waals surface area contributed by atoms with Gasteiger partial charge in [0, 0.05) is 18.0 Å². The predicted molar refractivity (Wildman–Crippen MR) is 105 cm³/mol. The summed E-state index contributed by atoms with van der Waals surface area (Å²) in [6.45, 7) is 2.40. The van der Waals surface area contributed by atoms with Crippen molar-refractivity contribution >= 4 is 5.91 Å². The number of aromatic nitrogens is 1. The van der Waals surface area contributed by atoms with Crippen molar-refractivity contribution in [1.29, 1.82) is 0 Å². The van der Waals surface area contributed by atoms with Gasteiger partial charge in [-0.05, 0) is 74.3 Å². The third-order valence-corrected chi connectivity index (χ3v) is 6.24. The molecular weight excluding hydrogens is 374 g/mol. The Kier molecular flexibility index (Phi) is 5.90. The maximum atomic E-state index is 13.5. The van der Waals surface area contributed by atoms with Gasteiger partial charge in [-0.1, -0.05) is 12.1 Å². The van der Waals surface area contributed by atoms with Gasteiger partial charge in [-0.25, -0.2) is 13.8 Å². The van der Waals surface area contributed by atoms with Gasteiger partial charge in [0.2, 0.25) is 5.91 Å². The Labute approximate surface area is 169 Å². The number of aryl methyl sites for hydroxylation is 1. The van der Waals surface area contributed by atoms with E-state index in [0.29, 0.717) is 12.5 Å². The number of pyridine rings is 1. The molecule has 1 amide bonds. The molecule has 1 aromatic heterocycles. The number of benzene rings is 1. The van der Waals surface area contributed by atoms with E-state index in [1.807, 2.05) is 6.92 Å². The van der Waals surface area contributed by atoms with Gasteiger partial charge in [0.25, 0.3) is 0 Å². The number of carbonyl (C=O) groups excluding carboxylic acids is 1. The number of rotatable bonds is 4. The van der Waals surface area contributed by atoms with Crippen molar-refractivity contribution in [3.8, 4) is 0 Å². The highest BCUT2D eigenvalue weighted by molar-refractivity contribution is 5.78. The van der Waals surface area contributed by atoms with E-state index in [0.717, 1.165) is 55.3 Å². The van der Waals surface area contributed by atoms with Crippen molar-refractivity contribution in [2.75, 3.05) is 6.61 Å². The molecule has 2 aliphatic rings. The Bertz CT molecular complexity index is 864. The first kappa shape index (κ1) is 20.0. The van der Waals surface area contributed by atoms with E-state index < -0.39 is 0 Å². The van der Waals surface area contributed by atoms with Gasteiger partial charge >= 0.3 is 0 Å². The largest absolute Gasteiger partial charge is 0.272 e. The lowest BCUT2D eigenvalue weighted by Crippen LogP contribution is -2.36. The van der Waals surface area contributed by atoms with E-state index in [1.165, 1.54) is 23.4 Å². The molecule has 0 spiro atoms. The van der Waals surface area contributed by atoms with Crippen molar-refractivity contribution in [1.82, 2.24) is 10.0 Å². The molecule has 2 aromatic rings. The van der Waals surface area contributed by atoms with Crippen molar-refractivity contribution < 1.29 is 18.4 Å². The Hall–Kier alpha value is -2.34. The molecule has 1 saturated carbocycles. The minimum Gasteiger partial charge on any atom is -0.272 e. The van der Waals surface area contributed by atoms with Gasteiger partial charge in [-0.15, -0.1) is 0 Å². The van der Waals surface area contributed by atoms with E-state index in [4.69, 9.17) is 4.84 Å². The highest BCUT2D eigenvalue weighted by atomic mass is 19.1. The number of hydroxylamine groups is 2. The topological polar surface area (TPSA) is 42.4 Å². The number of carbonyl (C=O) groups is 1. The van der Waals surface area contributed by atoms with Gasteiger partial charge < -0.3 is 0 Å². The summed E-state index contributed by atoms with van der Waals surface area (Å²) >= 11 is 0. The van der Waals surface area contributed by atoms with Crippen LogP contribution < -0.4 is 0 Å². The van der Waals surface area contributed by atoms with Crippen LogP contribution >= 0.6 is 0 Å². The maximum absolute atomic E-state index is 13.5. The molecule has 4 nitrogen and oxygen atoms in total. The zero-order valence-electron chi connectivity index (χ0n) is 16.6. The lowest BCUT2D eigenvalue weighted by atomic mass is 9.78. The van der Waals surface area contributed by atoms with E-state index in [-0.39, 0.29) is 29.5 Å². The van der Waals surface area contributed by atoms with Crippen LogP contribution in [0.5, 0.6) is 0 Å². The van der Waals surface area contributed by atoms with E-state index in [2.05, 4.69) is 4.98 Å². The molecule has 1 aromatic carbocycles. The SMILES string of the molecule is Cc1ncc(F)cc1CC1CCC(C(=O)N2OCC[C@H]2c2ccc(F)cc2)CC1. The number of nitrogens with zero attached hydrogens (tertiary/aromatic N) is 2. The Balaban J connectivity index is 1.36. The quantitative estimate of drug-likeness (QED) is 0.731. The first-order chi connectivity index (χ1) is 14.0. The van der Waals surface area contributed by atoms with E-state index in [9.17, 15) is 13.6 Å². The lowest BCUT2D eigenvalue weighted by Gasteiger charge is -2.32. The van der Waals surface area contributed by atoms with Crippen molar-refractivity contribution in [2.45, 2.75) is 51.5 Å². The van der Waals surface area contributed by atoms with Crippen LogP contribution in [0, 0.1) is 30.4 Å². The standard InChI is InChI=1S/C23H26F2N2O2/c1-15-19(13-21(25)14-26-15)12-16-2-4-18(5-3-16)23(28)27-22(10-11-29-27)17-6-8-20(24)9-7-17/h6-9,13-14,16,18,22H,2-5,10-12H2,1H3/t16?,18?,22-/m0/s1. The van der Waals surface area contributed by atoms with Crippen LogP contribution in [0.15, 0.2) is 36.5 Å². The monoisotopic (exact) mass is 400 g/mol. The molecule has 1 aliphatic carbocycles. The molecule has 29 heavy (non-hydrogen) atoms. The zero-order valence-corrected chi connectivity index (χ0v) is 16.6. The molecule has 0 radical (unpaired) electrons. The van der Waals surface area contributed by atoms with Gasteiger partial charge in [-0.3, -0.25) is 14.6 Å². The third-order valence-electron chi connectivity index (χ3n) is 6.24. The van der Waals surface area contributed by atoms with Crippen LogP contribution in [0.4, 0.5) is 8.78 Å². The summed E-state index contributed by atoms with van der Waals surface area (Å²) in [5, 5.41) is 1.51. The second-order valence-electron chi connectivity index (χ2n) is 8.17. The van der Waals surface area contributed by atoms with Crippen LogP contribution in [0.3, 0.4) is 0 Å². The average Bonchev–Trinajstić information content (AvgIpc) is 3.21. The summed E-state index contributed by atoms with van der Waals surface area (Å²) in [7, 11) is 0. The number of halogens is 2. The Morgan fingerprint density at radius 3 is 2.55 bits per heavy atom. The molecule has 1 saturated heterocycles. The summed E-state index contributed by atoms with van der Waals surface area (Å²) in [5.74, 6) is -0.174. The Morgan fingerprint density at radius 1 is 1.10 bits per heavy atom. The fourth-order valence-corrected chi connectivity index (χ4v) is 4.53. The molecular formula is C23H26F2N2O2. The summed E-state index contributed by atoms with van der Waals surface area (Å²) in [4.78, 5) is 22.8. The number of hydrogen-bond acceptors (Lipinski definition) is 3. The van der Waals surface area contributed by atoms with E-state index in [1.54, 1.807) is 18.2 Å². The fraction of sp³-hybridized carbons (Fsp3) is 0.478. The third kappa shape index (κ3) is 4.47. The predicted octanol–water partition coefficient (Wildman–Crippen LogP) is 4.92. The van der Waals surface area contributed by atoms with Crippen LogP contribution in [-0.2, 0) is 16.1 Å². The first-order valence-electron chi connectivity index (χ1n) is 10.3. The van der Waals surface area contributed by atoms with Crippen LogP contribution in [-0.4, -0.2) is 22.6 Å². The second-order valence-corrected chi connectivity index (χ2v) is 8.17.